The van der Waals surface area contributed by atoms with Crippen molar-refractivity contribution in [3.8, 4) is 17.2 Å². The number of hydrogen-bond acceptors (Lipinski definition) is 13. The number of fused-ring (bicyclic) bond motifs is 3. The van der Waals surface area contributed by atoms with Gasteiger partial charge in [-0.3, -0.25) is 19.7 Å². The Morgan fingerprint density at radius 2 is 1.79 bits per heavy atom. The van der Waals surface area contributed by atoms with Crippen molar-refractivity contribution in [2.45, 2.75) is 114 Å². The van der Waals surface area contributed by atoms with Gasteiger partial charge in [-0.1, -0.05) is 31.4 Å². The summed E-state index contributed by atoms with van der Waals surface area (Å²) in [5, 5.41) is 58.8. The van der Waals surface area contributed by atoms with Crippen LogP contribution in [0.15, 0.2) is 18.2 Å². The topological polar surface area (TPSA) is 201 Å². The number of ketones is 3. The van der Waals surface area contributed by atoms with Gasteiger partial charge in [0.2, 0.25) is 5.78 Å². The predicted molar refractivity (Wildman–Crippen MR) is 168 cm³/mol. The lowest BCUT2D eigenvalue weighted by Gasteiger charge is -2.43. The van der Waals surface area contributed by atoms with Crippen LogP contribution in [0.4, 0.5) is 0 Å². The number of hydrogen-bond donors (Lipinski definition) is 6. The second-order valence-electron chi connectivity index (χ2n) is 13.3. The van der Waals surface area contributed by atoms with Crippen LogP contribution in [0.25, 0.3) is 0 Å². The zero-order valence-electron chi connectivity index (χ0n) is 27.2. The smallest absolute Gasteiger partial charge is 0.202 e. The molecule has 1 saturated carbocycles. The number of methoxy groups -OCH3 is 1. The Kier molecular flexibility index (Phi) is 9.66. The number of phenolic OH excluding ortho intramolecular Hbond substituents is 2. The maximum absolute atomic E-state index is 13.9. The summed E-state index contributed by atoms with van der Waals surface area (Å²) in [7, 11) is 1.34. The van der Waals surface area contributed by atoms with Crippen LogP contribution in [-0.4, -0.2) is 99.1 Å². The molecular weight excluding hydrogens is 626 g/mol. The van der Waals surface area contributed by atoms with E-state index in [4.69, 9.17) is 18.9 Å². The third-order valence-electron chi connectivity index (χ3n) is 10.2. The monoisotopic (exact) mass is 669 g/mol. The SMILES string of the molecule is COc1cccc2c1C(=O)c1c(O)c3c(c(O)c1C2=O)C[C@@](O)(C(=O)CO)C[C@@H]3OC1CC(NC(C)OC2CCCCC2)C(O)C(C)O1. The van der Waals surface area contributed by atoms with E-state index in [9.17, 15) is 39.9 Å². The molecule has 0 aromatic heterocycles. The van der Waals surface area contributed by atoms with Crippen molar-refractivity contribution in [2.75, 3.05) is 13.7 Å². The number of carbonyl (C=O) groups excluding carboxylic acids is 3. The highest BCUT2D eigenvalue weighted by molar-refractivity contribution is 6.31. The molecule has 2 fully saturated rings. The molecule has 7 atom stereocenters. The third-order valence-corrected chi connectivity index (χ3v) is 10.2. The number of carbonyl (C=O) groups is 3. The first-order chi connectivity index (χ1) is 22.9. The van der Waals surface area contributed by atoms with Crippen LogP contribution < -0.4 is 10.1 Å². The first kappa shape index (κ1) is 34.4. The normalized spacial score (nSPS) is 29.5. The van der Waals surface area contributed by atoms with Crippen LogP contribution >= 0.6 is 0 Å². The molecule has 1 heterocycles. The molecule has 13 nitrogen and oxygen atoms in total. The van der Waals surface area contributed by atoms with Gasteiger partial charge in [-0.05, 0) is 32.8 Å². The zero-order valence-corrected chi connectivity index (χ0v) is 27.2. The van der Waals surface area contributed by atoms with Crippen molar-refractivity contribution in [3.05, 3.63) is 51.6 Å². The molecular formula is C35H43NO12. The summed E-state index contributed by atoms with van der Waals surface area (Å²) in [6.45, 7) is 2.51. The van der Waals surface area contributed by atoms with E-state index >= 15 is 0 Å². The first-order valence-electron chi connectivity index (χ1n) is 16.5. The van der Waals surface area contributed by atoms with Crippen molar-refractivity contribution in [3.63, 3.8) is 0 Å². The van der Waals surface area contributed by atoms with Crippen molar-refractivity contribution in [1.29, 1.82) is 0 Å². The van der Waals surface area contributed by atoms with Crippen LogP contribution in [0.2, 0.25) is 0 Å². The lowest BCUT2D eigenvalue weighted by atomic mass is 9.72. The Morgan fingerprint density at radius 1 is 1.08 bits per heavy atom. The number of phenols is 2. The molecule has 0 bridgehead atoms. The molecule has 3 aliphatic carbocycles. The Morgan fingerprint density at radius 3 is 2.48 bits per heavy atom. The molecule has 4 aliphatic rings. The fraction of sp³-hybridized carbons (Fsp3) is 0.571. The zero-order chi connectivity index (χ0) is 34.5. The summed E-state index contributed by atoms with van der Waals surface area (Å²) in [6, 6.07) is 3.86. The number of ether oxygens (including phenoxy) is 4. The Bertz CT molecular complexity index is 1600. The largest absolute Gasteiger partial charge is 0.507 e. The summed E-state index contributed by atoms with van der Waals surface area (Å²) in [5.41, 5.74) is -3.58. The highest BCUT2D eigenvalue weighted by Gasteiger charge is 2.50. The van der Waals surface area contributed by atoms with E-state index in [-0.39, 0.29) is 40.5 Å². The van der Waals surface area contributed by atoms with E-state index in [1.54, 1.807) is 6.92 Å². The van der Waals surface area contributed by atoms with Gasteiger partial charge in [-0.25, -0.2) is 0 Å². The van der Waals surface area contributed by atoms with Crippen LogP contribution in [0, 0.1) is 0 Å². The molecule has 0 amide bonds. The molecule has 0 radical (unpaired) electrons. The van der Waals surface area contributed by atoms with E-state index in [0.717, 1.165) is 25.7 Å². The third kappa shape index (κ3) is 6.02. The number of aromatic hydroxyl groups is 2. The van der Waals surface area contributed by atoms with Gasteiger partial charge in [-0.15, -0.1) is 0 Å². The standard InChI is InChI=1S/C35H43NO12/c1-16-30(39)21(36-17(2)47-18-8-5-4-6-9-18)12-25(46-16)48-23-14-35(44,24(38)15-37)13-20-27(23)34(43)29-28(32(20)41)31(40)19-10-7-11-22(45-3)26(19)33(29)42/h7,10-11,16-18,21,23,25,30,36-37,39,41,43-44H,4-6,8-9,12-15H2,1-3H3/t16?,17?,21?,23-,25?,30?,35-/m0/s1. The maximum Gasteiger partial charge on any atom is 0.202 e. The second kappa shape index (κ2) is 13.5. The van der Waals surface area contributed by atoms with Gasteiger partial charge >= 0.3 is 0 Å². The molecule has 2 aromatic carbocycles. The van der Waals surface area contributed by atoms with Gasteiger partial charge in [0.05, 0.1) is 48.2 Å². The lowest BCUT2D eigenvalue weighted by molar-refractivity contribution is -0.252. The van der Waals surface area contributed by atoms with E-state index in [2.05, 4.69) is 5.32 Å². The average Bonchev–Trinajstić information content (AvgIpc) is 3.06. The molecule has 260 valence electrons. The van der Waals surface area contributed by atoms with Crippen LogP contribution in [-0.2, 0) is 25.4 Å². The summed E-state index contributed by atoms with van der Waals surface area (Å²) in [6.07, 6.45) is 0.0429. The molecule has 1 aliphatic heterocycles. The summed E-state index contributed by atoms with van der Waals surface area (Å²) >= 11 is 0. The summed E-state index contributed by atoms with van der Waals surface area (Å²) in [4.78, 5) is 40.5. The van der Waals surface area contributed by atoms with Gasteiger partial charge < -0.3 is 44.5 Å². The highest BCUT2D eigenvalue weighted by atomic mass is 16.7. The van der Waals surface area contributed by atoms with Crippen LogP contribution in [0.3, 0.4) is 0 Å². The van der Waals surface area contributed by atoms with E-state index in [1.165, 1.54) is 31.7 Å². The number of benzene rings is 2. The molecule has 48 heavy (non-hydrogen) atoms. The van der Waals surface area contributed by atoms with Crippen LogP contribution in [0.5, 0.6) is 17.2 Å². The van der Waals surface area contributed by atoms with Crippen molar-refractivity contribution >= 4 is 17.3 Å². The van der Waals surface area contributed by atoms with Gasteiger partial charge in [0.25, 0.3) is 0 Å². The molecule has 6 N–H and O–H groups in total. The van der Waals surface area contributed by atoms with Gasteiger partial charge in [-0.2, -0.15) is 0 Å². The minimum Gasteiger partial charge on any atom is -0.507 e. The minimum atomic E-state index is -2.26. The van der Waals surface area contributed by atoms with Crippen LogP contribution in [0.1, 0.15) is 108 Å². The number of rotatable bonds is 9. The maximum atomic E-state index is 13.9. The quantitative estimate of drug-likeness (QED) is 0.143. The van der Waals surface area contributed by atoms with Crippen molar-refractivity contribution in [2.24, 2.45) is 0 Å². The van der Waals surface area contributed by atoms with E-state index < -0.39 is 102 Å². The Hall–Kier alpha value is -3.43. The Balaban J connectivity index is 1.35. The Labute approximate surface area is 277 Å². The van der Waals surface area contributed by atoms with Gasteiger partial charge in [0, 0.05) is 42.0 Å². The minimum absolute atomic E-state index is 0.0461. The highest BCUT2D eigenvalue weighted by Crippen LogP contribution is 2.52. The van der Waals surface area contributed by atoms with Gasteiger partial charge in [0.15, 0.2) is 17.9 Å². The number of Topliss-reactive ketones (excluding diaryl/α,β-unsaturated/α-hetero) is 1. The fourth-order valence-corrected chi connectivity index (χ4v) is 7.71. The predicted octanol–water partition coefficient (Wildman–Crippen LogP) is 2.33. The van der Waals surface area contributed by atoms with E-state index in [1.807, 2.05) is 6.92 Å². The van der Waals surface area contributed by atoms with Gasteiger partial charge in [0.1, 0.15) is 35.7 Å². The molecule has 5 unspecified atom stereocenters. The fourth-order valence-electron chi connectivity index (χ4n) is 7.71. The number of aliphatic hydroxyl groups excluding tert-OH is 2. The average molecular weight is 670 g/mol. The lowest BCUT2D eigenvalue weighted by Crippen LogP contribution is -2.57. The molecule has 0 spiro atoms. The molecule has 2 aromatic rings. The summed E-state index contributed by atoms with van der Waals surface area (Å²) in [5.74, 6) is -3.72. The van der Waals surface area contributed by atoms with Crippen molar-refractivity contribution in [1.82, 2.24) is 5.32 Å². The molecule has 1 saturated heterocycles. The first-order valence-corrected chi connectivity index (χ1v) is 16.5. The number of nitrogens with one attached hydrogen (secondary N) is 1. The molecule has 6 rings (SSSR count). The van der Waals surface area contributed by atoms with Crippen molar-refractivity contribution < 1.29 is 58.9 Å². The van der Waals surface area contributed by atoms with E-state index in [0.29, 0.717) is 0 Å². The second-order valence-corrected chi connectivity index (χ2v) is 13.3. The summed E-state index contributed by atoms with van der Waals surface area (Å²) < 4.78 is 23.8. The number of aliphatic hydroxyl groups is 3. The molecule has 13 heteroatoms.